The van der Waals surface area contributed by atoms with Gasteiger partial charge >= 0.3 is 16.8 Å². The van der Waals surface area contributed by atoms with Crippen molar-refractivity contribution < 1.29 is 0 Å². The van der Waals surface area contributed by atoms with E-state index in [9.17, 15) is 14.4 Å². The summed E-state index contributed by atoms with van der Waals surface area (Å²) in [6, 6.07) is 3.44. The number of H-pyrrole nitrogens is 2. The van der Waals surface area contributed by atoms with Crippen LogP contribution in [0, 0.1) is 0 Å². The van der Waals surface area contributed by atoms with Crippen molar-refractivity contribution >= 4 is 22.1 Å². The van der Waals surface area contributed by atoms with Crippen molar-refractivity contribution in [1.29, 1.82) is 0 Å². The molecular weight excluding hydrogens is 260 g/mol. The minimum atomic E-state index is -0.697. The minimum Gasteiger partial charge on any atom is -0.316 e. The first-order valence-corrected chi connectivity index (χ1v) is 6.46. The van der Waals surface area contributed by atoms with Crippen LogP contribution >= 0.6 is 0 Å². The highest BCUT2D eigenvalue weighted by molar-refractivity contribution is 5.91. The van der Waals surface area contributed by atoms with Gasteiger partial charge in [-0.1, -0.05) is 0 Å². The number of hydrogen-bond donors (Lipinski definition) is 2. The average molecular weight is 274 g/mol. The molecule has 7 heteroatoms. The van der Waals surface area contributed by atoms with Gasteiger partial charge in [-0.2, -0.15) is 0 Å². The fourth-order valence-corrected chi connectivity index (χ4v) is 2.54. The Labute approximate surface area is 112 Å². The predicted octanol–water partition coefficient (Wildman–Crippen LogP) is 0.373. The lowest BCUT2D eigenvalue weighted by Gasteiger charge is -2.01. The van der Waals surface area contributed by atoms with Crippen molar-refractivity contribution in [2.24, 2.45) is 0 Å². The van der Waals surface area contributed by atoms with Crippen LogP contribution in [-0.2, 0) is 13.1 Å². The molecule has 104 valence electrons. The van der Waals surface area contributed by atoms with Gasteiger partial charge in [0.2, 0.25) is 0 Å². The Kier molecular flexibility index (Phi) is 2.63. The molecule has 2 heterocycles. The molecule has 0 amide bonds. The molecule has 0 spiro atoms. The Morgan fingerprint density at radius 3 is 1.60 bits per heavy atom. The Hall–Kier alpha value is -2.57. The van der Waals surface area contributed by atoms with Crippen LogP contribution in [-0.4, -0.2) is 19.1 Å². The van der Waals surface area contributed by atoms with E-state index >= 15 is 0 Å². The fraction of sp³-hybridized carbons (Fsp3) is 0.308. The largest absolute Gasteiger partial charge is 0.329 e. The van der Waals surface area contributed by atoms with E-state index in [1.54, 1.807) is 21.3 Å². The summed E-state index contributed by atoms with van der Waals surface area (Å²) in [7, 11) is 0. The second kappa shape index (κ2) is 4.22. The Balaban J connectivity index is 2.57. The van der Waals surface area contributed by atoms with E-state index in [1.807, 2.05) is 13.8 Å². The molecule has 7 nitrogen and oxygen atoms in total. The summed E-state index contributed by atoms with van der Waals surface area (Å²) in [5, 5.41) is 0. The molecule has 0 aliphatic rings. The molecule has 0 fully saturated rings. The zero-order valence-electron chi connectivity index (χ0n) is 11.2. The normalized spacial score (nSPS) is 11.5. The third kappa shape index (κ3) is 1.56. The number of fused-ring (bicyclic) bond motifs is 2. The molecule has 0 atom stereocenters. The highest BCUT2D eigenvalue weighted by Gasteiger charge is 2.12. The molecular formula is C13H14N4O3. The summed E-state index contributed by atoms with van der Waals surface area (Å²) < 4.78 is 3.28. The monoisotopic (exact) mass is 274 g/mol. The molecule has 0 saturated carbocycles. The molecule has 20 heavy (non-hydrogen) atoms. The van der Waals surface area contributed by atoms with Crippen LogP contribution in [0.15, 0.2) is 26.5 Å². The van der Waals surface area contributed by atoms with Gasteiger partial charge in [0, 0.05) is 13.1 Å². The highest BCUT2D eigenvalue weighted by atomic mass is 16.2. The number of imidazole rings is 1. The van der Waals surface area contributed by atoms with Crippen LogP contribution in [0.3, 0.4) is 0 Å². The van der Waals surface area contributed by atoms with Gasteiger partial charge in [0.1, 0.15) is 0 Å². The standard InChI is InChI=1S/C13H14N4O3/c1-3-16-9-5-7-8(15-12(19)11(18)14-7)6-10(9)17(4-2)13(16)20/h5-6H,3-4H2,1-2H3,(H,14,18)(H,15,19). The number of nitrogens with one attached hydrogen (secondary N) is 2. The summed E-state index contributed by atoms with van der Waals surface area (Å²) >= 11 is 0. The maximum absolute atomic E-state index is 12.2. The number of aryl methyl sites for hydroxylation is 2. The number of rotatable bonds is 2. The van der Waals surface area contributed by atoms with Gasteiger partial charge in [-0.05, 0) is 26.0 Å². The summed E-state index contributed by atoms with van der Waals surface area (Å²) in [6.45, 7) is 4.87. The maximum Gasteiger partial charge on any atom is 0.329 e. The smallest absolute Gasteiger partial charge is 0.316 e. The van der Waals surface area contributed by atoms with E-state index in [4.69, 9.17) is 0 Å². The van der Waals surface area contributed by atoms with E-state index in [2.05, 4.69) is 9.97 Å². The zero-order chi connectivity index (χ0) is 14.4. The van der Waals surface area contributed by atoms with Crippen LogP contribution < -0.4 is 16.8 Å². The third-order valence-electron chi connectivity index (χ3n) is 3.49. The van der Waals surface area contributed by atoms with E-state index < -0.39 is 11.1 Å². The second-order valence-corrected chi connectivity index (χ2v) is 4.57. The summed E-state index contributed by atoms with van der Waals surface area (Å²) in [5.74, 6) is 0. The van der Waals surface area contributed by atoms with E-state index in [0.29, 0.717) is 24.1 Å². The fourth-order valence-electron chi connectivity index (χ4n) is 2.54. The summed E-state index contributed by atoms with van der Waals surface area (Å²) in [6.07, 6.45) is 0. The van der Waals surface area contributed by atoms with Crippen LogP contribution in [0.5, 0.6) is 0 Å². The lowest BCUT2D eigenvalue weighted by molar-refractivity contribution is 0.671. The molecule has 0 unspecified atom stereocenters. The second-order valence-electron chi connectivity index (χ2n) is 4.57. The van der Waals surface area contributed by atoms with Gasteiger partial charge in [0.15, 0.2) is 0 Å². The van der Waals surface area contributed by atoms with Gasteiger partial charge in [0.25, 0.3) is 0 Å². The third-order valence-corrected chi connectivity index (χ3v) is 3.49. The van der Waals surface area contributed by atoms with Crippen molar-refractivity contribution in [3.05, 3.63) is 43.3 Å². The van der Waals surface area contributed by atoms with E-state index in [-0.39, 0.29) is 5.69 Å². The van der Waals surface area contributed by atoms with Crippen molar-refractivity contribution in [2.45, 2.75) is 26.9 Å². The van der Waals surface area contributed by atoms with Crippen molar-refractivity contribution in [3.8, 4) is 0 Å². The van der Waals surface area contributed by atoms with Crippen LogP contribution in [0.25, 0.3) is 22.1 Å². The van der Waals surface area contributed by atoms with Gasteiger partial charge < -0.3 is 9.97 Å². The lowest BCUT2D eigenvalue weighted by Crippen LogP contribution is -2.28. The molecule has 1 aromatic carbocycles. The molecule has 3 aromatic rings. The Morgan fingerprint density at radius 1 is 0.850 bits per heavy atom. The van der Waals surface area contributed by atoms with Crippen LogP contribution in [0.1, 0.15) is 13.8 Å². The van der Waals surface area contributed by atoms with E-state index in [1.165, 1.54) is 0 Å². The van der Waals surface area contributed by atoms with Crippen LogP contribution in [0.2, 0.25) is 0 Å². The molecule has 2 N–H and O–H groups in total. The Morgan fingerprint density at radius 2 is 1.25 bits per heavy atom. The highest BCUT2D eigenvalue weighted by Crippen LogP contribution is 2.18. The quantitative estimate of drug-likeness (QED) is 0.661. The summed E-state index contributed by atoms with van der Waals surface area (Å²) in [4.78, 5) is 40.1. The topological polar surface area (TPSA) is 92.7 Å². The number of nitrogens with zero attached hydrogens (tertiary/aromatic N) is 2. The maximum atomic E-state index is 12.2. The Bertz CT molecular complexity index is 909. The number of aromatic amines is 2. The number of aromatic nitrogens is 4. The first-order chi connectivity index (χ1) is 9.56. The van der Waals surface area contributed by atoms with E-state index in [0.717, 1.165) is 11.0 Å². The number of hydrogen-bond acceptors (Lipinski definition) is 3. The zero-order valence-corrected chi connectivity index (χ0v) is 11.2. The molecule has 0 bridgehead atoms. The molecule has 2 aromatic heterocycles. The first-order valence-electron chi connectivity index (χ1n) is 6.46. The van der Waals surface area contributed by atoms with Gasteiger partial charge in [0.05, 0.1) is 22.1 Å². The molecule has 0 saturated heterocycles. The molecule has 0 radical (unpaired) electrons. The lowest BCUT2D eigenvalue weighted by atomic mass is 10.2. The molecule has 0 aliphatic heterocycles. The van der Waals surface area contributed by atoms with Crippen molar-refractivity contribution in [3.63, 3.8) is 0 Å². The summed E-state index contributed by atoms with van der Waals surface area (Å²) in [5.41, 5.74) is 1.03. The van der Waals surface area contributed by atoms with Gasteiger partial charge in [-0.15, -0.1) is 0 Å². The minimum absolute atomic E-state index is 0.0926. The van der Waals surface area contributed by atoms with Crippen molar-refractivity contribution in [2.75, 3.05) is 0 Å². The molecule has 0 aliphatic carbocycles. The van der Waals surface area contributed by atoms with Crippen molar-refractivity contribution in [1.82, 2.24) is 19.1 Å². The predicted molar refractivity (Wildman–Crippen MR) is 76.3 cm³/mol. The molecule has 3 rings (SSSR count). The average Bonchev–Trinajstić information content (AvgIpc) is 2.68. The SMILES string of the molecule is CCn1c(=O)n(CC)c2cc3[nH]c(=O)c(=O)[nH]c3cc21. The van der Waals surface area contributed by atoms with Gasteiger partial charge in [-0.25, -0.2) is 4.79 Å². The number of benzene rings is 1. The van der Waals surface area contributed by atoms with Crippen LogP contribution in [0.4, 0.5) is 0 Å². The first kappa shape index (κ1) is 12.5. The van der Waals surface area contributed by atoms with Gasteiger partial charge in [-0.3, -0.25) is 18.7 Å².